The molecule has 1 atom stereocenters. The van der Waals surface area contributed by atoms with Crippen LogP contribution in [0.4, 0.5) is 5.69 Å². The molecule has 0 aromatic heterocycles. The summed E-state index contributed by atoms with van der Waals surface area (Å²) in [5.41, 5.74) is 2.24. The van der Waals surface area contributed by atoms with Crippen molar-refractivity contribution in [3.63, 3.8) is 0 Å². The summed E-state index contributed by atoms with van der Waals surface area (Å²) < 4.78 is 16.3. The van der Waals surface area contributed by atoms with Gasteiger partial charge in [-0.05, 0) is 35.4 Å². The summed E-state index contributed by atoms with van der Waals surface area (Å²) in [6.07, 6.45) is 4.06. The topological polar surface area (TPSA) is 60.0 Å². The number of ether oxygens (including phenoxy) is 3. The molecule has 1 fully saturated rings. The average molecular weight is 394 g/mol. The van der Waals surface area contributed by atoms with Gasteiger partial charge in [-0.1, -0.05) is 38.1 Å². The Labute approximate surface area is 171 Å². The number of para-hydroxylation sites is 1. The third-order valence-electron chi connectivity index (χ3n) is 6.08. The Bertz CT molecular complexity index is 973. The number of nitrogens with one attached hydrogen (secondary N) is 1. The van der Waals surface area contributed by atoms with Gasteiger partial charge in [0.1, 0.15) is 5.66 Å². The van der Waals surface area contributed by atoms with E-state index in [1.165, 1.54) is 5.56 Å². The fraction of sp³-hybridized carbons (Fsp3) is 0.348. The first-order valence-electron chi connectivity index (χ1n) is 9.55. The highest BCUT2D eigenvalue weighted by Crippen LogP contribution is 2.53. The van der Waals surface area contributed by atoms with Gasteiger partial charge in [-0.2, -0.15) is 0 Å². The van der Waals surface area contributed by atoms with Crippen molar-refractivity contribution in [1.29, 1.82) is 0 Å². The zero-order valence-corrected chi connectivity index (χ0v) is 17.4. The van der Waals surface area contributed by atoms with Crippen molar-refractivity contribution in [2.24, 2.45) is 0 Å². The third kappa shape index (κ3) is 2.66. The van der Waals surface area contributed by atoms with E-state index < -0.39 is 5.66 Å². The van der Waals surface area contributed by atoms with E-state index in [1.54, 1.807) is 21.3 Å². The third-order valence-corrected chi connectivity index (χ3v) is 6.08. The average Bonchev–Trinajstić information content (AvgIpc) is 3.16. The molecule has 2 aromatic carbocycles. The second kappa shape index (κ2) is 6.72. The summed E-state index contributed by atoms with van der Waals surface area (Å²) in [6, 6.07) is 12.1. The maximum Gasteiger partial charge on any atom is 0.241 e. The summed E-state index contributed by atoms with van der Waals surface area (Å²) in [4.78, 5) is 14.6. The molecule has 4 rings (SSSR count). The van der Waals surface area contributed by atoms with E-state index in [4.69, 9.17) is 14.2 Å². The van der Waals surface area contributed by atoms with Crippen LogP contribution in [0.5, 0.6) is 17.2 Å². The minimum Gasteiger partial charge on any atom is -0.493 e. The van der Waals surface area contributed by atoms with Gasteiger partial charge in [0.25, 0.3) is 0 Å². The van der Waals surface area contributed by atoms with Gasteiger partial charge in [-0.25, -0.2) is 0 Å². The van der Waals surface area contributed by atoms with Gasteiger partial charge >= 0.3 is 0 Å². The first-order chi connectivity index (χ1) is 13.9. The molecule has 1 saturated heterocycles. The van der Waals surface area contributed by atoms with Crippen molar-refractivity contribution < 1.29 is 19.0 Å². The van der Waals surface area contributed by atoms with Crippen LogP contribution in [0.3, 0.4) is 0 Å². The van der Waals surface area contributed by atoms with Gasteiger partial charge in [-0.3, -0.25) is 4.79 Å². The Balaban J connectivity index is 1.81. The lowest BCUT2D eigenvalue weighted by atomic mass is 9.75. The normalized spacial score (nSPS) is 21.7. The summed E-state index contributed by atoms with van der Waals surface area (Å²) >= 11 is 0. The van der Waals surface area contributed by atoms with E-state index >= 15 is 0 Å². The number of fused-ring (bicyclic) bond motifs is 3. The Morgan fingerprint density at radius 3 is 2.31 bits per heavy atom. The summed E-state index contributed by atoms with van der Waals surface area (Å²) in [5.74, 6) is 1.74. The second-order valence-electron chi connectivity index (χ2n) is 7.83. The van der Waals surface area contributed by atoms with Crippen LogP contribution < -0.4 is 24.4 Å². The van der Waals surface area contributed by atoms with Crippen molar-refractivity contribution >= 4 is 17.7 Å². The maximum atomic E-state index is 12.4. The molecule has 0 unspecified atom stereocenters. The van der Waals surface area contributed by atoms with Gasteiger partial charge in [0.2, 0.25) is 11.7 Å². The fourth-order valence-corrected chi connectivity index (χ4v) is 4.55. The first-order valence-corrected chi connectivity index (χ1v) is 9.55. The number of anilines is 1. The molecule has 2 aliphatic heterocycles. The smallest absolute Gasteiger partial charge is 0.241 e. The van der Waals surface area contributed by atoms with Gasteiger partial charge in [0.05, 0.1) is 27.9 Å². The SMILES string of the molecule is COc1cc(/C=C/[C@@]23NC(=O)CN2c2ccccc2C3(C)C)cc(OC)c1OC. The molecule has 0 bridgehead atoms. The molecule has 0 aliphatic carbocycles. The van der Waals surface area contributed by atoms with Crippen molar-refractivity contribution in [1.82, 2.24) is 5.32 Å². The Morgan fingerprint density at radius 1 is 1.03 bits per heavy atom. The number of carbonyl (C=O) groups excluding carboxylic acids is 1. The quantitative estimate of drug-likeness (QED) is 0.843. The number of nitrogens with zero attached hydrogens (tertiary/aromatic N) is 1. The summed E-state index contributed by atoms with van der Waals surface area (Å²) in [6.45, 7) is 4.66. The molecule has 2 aromatic rings. The lowest BCUT2D eigenvalue weighted by Gasteiger charge is -2.40. The number of benzene rings is 2. The molecule has 1 N–H and O–H groups in total. The highest BCUT2D eigenvalue weighted by molar-refractivity contribution is 5.91. The number of rotatable bonds is 5. The molecule has 152 valence electrons. The minimum atomic E-state index is -0.645. The Kier molecular flexibility index (Phi) is 4.45. The van der Waals surface area contributed by atoms with Crippen LogP contribution >= 0.6 is 0 Å². The zero-order valence-electron chi connectivity index (χ0n) is 17.4. The van der Waals surface area contributed by atoms with Crippen molar-refractivity contribution in [2.45, 2.75) is 24.9 Å². The maximum absolute atomic E-state index is 12.4. The largest absolute Gasteiger partial charge is 0.493 e. The molecule has 0 spiro atoms. The molecule has 0 radical (unpaired) electrons. The number of amides is 1. The van der Waals surface area contributed by atoms with Crippen LogP contribution in [0.15, 0.2) is 42.5 Å². The predicted octanol–water partition coefficient (Wildman–Crippen LogP) is 3.35. The molecular weight excluding hydrogens is 368 g/mol. The monoisotopic (exact) mass is 394 g/mol. The fourth-order valence-electron chi connectivity index (χ4n) is 4.55. The van der Waals surface area contributed by atoms with Gasteiger partial charge < -0.3 is 24.4 Å². The lowest BCUT2D eigenvalue weighted by molar-refractivity contribution is -0.118. The highest BCUT2D eigenvalue weighted by atomic mass is 16.5. The zero-order chi connectivity index (χ0) is 20.8. The molecule has 6 heteroatoms. The van der Waals surface area contributed by atoms with Crippen LogP contribution in [-0.4, -0.2) is 39.4 Å². The number of methoxy groups -OCH3 is 3. The van der Waals surface area contributed by atoms with E-state index in [2.05, 4.69) is 42.3 Å². The van der Waals surface area contributed by atoms with Crippen LogP contribution in [0.1, 0.15) is 25.0 Å². The number of carbonyl (C=O) groups is 1. The summed E-state index contributed by atoms with van der Waals surface area (Å²) in [5, 5.41) is 3.23. The predicted molar refractivity (Wildman–Crippen MR) is 113 cm³/mol. The minimum absolute atomic E-state index is 0.0159. The highest BCUT2D eigenvalue weighted by Gasteiger charge is 2.59. The number of hydrogen-bond acceptors (Lipinski definition) is 5. The molecular formula is C23H26N2O4. The van der Waals surface area contributed by atoms with Crippen LogP contribution in [0, 0.1) is 0 Å². The Morgan fingerprint density at radius 2 is 1.69 bits per heavy atom. The van der Waals surface area contributed by atoms with Gasteiger partial charge in [-0.15, -0.1) is 0 Å². The van der Waals surface area contributed by atoms with E-state index in [9.17, 15) is 4.79 Å². The van der Waals surface area contributed by atoms with Crippen molar-refractivity contribution in [2.75, 3.05) is 32.8 Å². The molecule has 1 amide bonds. The van der Waals surface area contributed by atoms with E-state index in [0.29, 0.717) is 23.8 Å². The Hall–Kier alpha value is -3.15. The van der Waals surface area contributed by atoms with Crippen molar-refractivity contribution in [3.8, 4) is 17.2 Å². The van der Waals surface area contributed by atoms with Crippen LogP contribution in [0.25, 0.3) is 6.08 Å². The lowest BCUT2D eigenvalue weighted by Crippen LogP contribution is -2.58. The molecule has 2 heterocycles. The van der Waals surface area contributed by atoms with Crippen molar-refractivity contribution in [3.05, 3.63) is 53.6 Å². The summed E-state index contributed by atoms with van der Waals surface area (Å²) in [7, 11) is 4.78. The van der Waals surface area contributed by atoms with Crippen LogP contribution in [-0.2, 0) is 10.2 Å². The van der Waals surface area contributed by atoms with E-state index in [1.807, 2.05) is 30.3 Å². The van der Waals surface area contributed by atoms with Gasteiger partial charge in [0, 0.05) is 11.1 Å². The molecule has 29 heavy (non-hydrogen) atoms. The molecule has 0 saturated carbocycles. The first kappa shape index (κ1) is 19.2. The number of hydrogen-bond donors (Lipinski definition) is 1. The standard InChI is InChI=1S/C23H26N2O4/c1-22(2)16-8-6-7-9-17(16)25-14-20(26)24-23(22,25)11-10-15-12-18(27-3)21(29-5)19(13-15)28-4/h6-13H,14H2,1-5H3,(H,24,26)/b11-10+/t23-/m1/s1. The van der Waals surface area contributed by atoms with E-state index in [-0.39, 0.29) is 11.3 Å². The second-order valence-corrected chi connectivity index (χ2v) is 7.83. The molecule has 6 nitrogen and oxygen atoms in total. The van der Waals surface area contributed by atoms with Crippen LogP contribution in [0.2, 0.25) is 0 Å². The molecule has 2 aliphatic rings. The van der Waals surface area contributed by atoms with E-state index in [0.717, 1.165) is 11.3 Å². The van der Waals surface area contributed by atoms with Gasteiger partial charge in [0.15, 0.2) is 11.5 Å².